The Morgan fingerprint density at radius 3 is 2.87 bits per heavy atom. The smallest absolute Gasteiger partial charge is 0.317 e. The quantitative estimate of drug-likeness (QED) is 0.906. The van der Waals surface area contributed by atoms with E-state index >= 15 is 0 Å². The number of likely N-dealkylation sites (tertiary alicyclic amines) is 1. The Labute approximate surface area is 143 Å². The molecule has 126 valence electrons. The van der Waals surface area contributed by atoms with Crippen LogP contribution in [0.25, 0.3) is 0 Å². The molecule has 5 heteroatoms. The number of amides is 2. The zero-order valence-electron chi connectivity index (χ0n) is 13.7. The predicted molar refractivity (Wildman–Crippen MR) is 91.7 cm³/mol. The third-order valence-electron chi connectivity index (χ3n) is 5.24. The van der Waals surface area contributed by atoms with Gasteiger partial charge in [-0.15, -0.1) is 0 Å². The van der Waals surface area contributed by atoms with E-state index in [-0.39, 0.29) is 17.5 Å². The Balaban J connectivity index is 1.62. The monoisotopic (exact) mass is 336 g/mol. The fraction of sp³-hybridized carbons (Fsp3) is 0.611. The van der Waals surface area contributed by atoms with Gasteiger partial charge in [0.25, 0.3) is 0 Å². The number of rotatable bonds is 3. The average molecular weight is 337 g/mol. The van der Waals surface area contributed by atoms with Crippen LogP contribution >= 0.6 is 11.6 Å². The highest BCUT2D eigenvalue weighted by molar-refractivity contribution is 6.30. The lowest BCUT2D eigenvalue weighted by molar-refractivity contribution is 0.0208. The highest BCUT2D eigenvalue weighted by Crippen LogP contribution is 2.39. The molecule has 0 aliphatic carbocycles. The molecular weight excluding hydrogens is 312 g/mol. The van der Waals surface area contributed by atoms with Crippen molar-refractivity contribution in [3.8, 4) is 0 Å². The van der Waals surface area contributed by atoms with Gasteiger partial charge in [0.05, 0.1) is 6.04 Å². The van der Waals surface area contributed by atoms with Crippen LogP contribution in [0.4, 0.5) is 4.79 Å². The molecule has 1 spiro atoms. The van der Waals surface area contributed by atoms with Gasteiger partial charge >= 0.3 is 6.03 Å². The van der Waals surface area contributed by atoms with Crippen LogP contribution in [0.2, 0.25) is 5.02 Å². The van der Waals surface area contributed by atoms with Crippen LogP contribution in [0, 0.1) is 5.41 Å². The van der Waals surface area contributed by atoms with Gasteiger partial charge in [0.1, 0.15) is 0 Å². The minimum absolute atomic E-state index is 0.00689. The van der Waals surface area contributed by atoms with Crippen LogP contribution in [-0.4, -0.2) is 37.2 Å². The molecule has 0 aromatic heterocycles. The summed E-state index contributed by atoms with van der Waals surface area (Å²) in [6.45, 7) is 5.44. The molecule has 1 aromatic carbocycles. The van der Waals surface area contributed by atoms with Crippen LogP contribution in [0.15, 0.2) is 24.3 Å². The summed E-state index contributed by atoms with van der Waals surface area (Å²) < 4.78 is 5.47. The summed E-state index contributed by atoms with van der Waals surface area (Å²) >= 11 is 6.07. The zero-order chi connectivity index (χ0) is 16.3. The number of nitrogens with one attached hydrogen (secondary N) is 1. The van der Waals surface area contributed by atoms with E-state index in [0.29, 0.717) is 5.02 Å². The molecule has 0 unspecified atom stereocenters. The maximum absolute atomic E-state index is 12.6. The second-order valence-electron chi connectivity index (χ2n) is 6.75. The van der Waals surface area contributed by atoms with Gasteiger partial charge in [-0.2, -0.15) is 0 Å². The van der Waals surface area contributed by atoms with Crippen LogP contribution < -0.4 is 5.32 Å². The van der Waals surface area contributed by atoms with Crippen LogP contribution in [0.1, 0.15) is 44.2 Å². The zero-order valence-corrected chi connectivity index (χ0v) is 14.4. The summed E-state index contributed by atoms with van der Waals surface area (Å²) in [6.07, 6.45) is 4.08. The first kappa shape index (κ1) is 16.6. The third kappa shape index (κ3) is 3.81. The van der Waals surface area contributed by atoms with E-state index in [2.05, 4.69) is 12.2 Å². The summed E-state index contributed by atoms with van der Waals surface area (Å²) in [4.78, 5) is 14.6. The molecule has 1 aromatic rings. The number of benzene rings is 1. The van der Waals surface area contributed by atoms with Crippen LogP contribution in [0.3, 0.4) is 0 Å². The molecule has 2 saturated heterocycles. The van der Waals surface area contributed by atoms with Crippen molar-refractivity contribution in [2.24, 2.45) is 5.41 Å². The first-order valence-electron chi connectivity index (χ1n) is 8.50. The first-order valence-corrected chi connectivity index (χ1v) is 8.88. The molecular formula is C18H25ClN2O2. The molecule has 23 heavy (non-hydrogen) atoms. The van der Waals surface area contributed by atoms with Crippen molar-refractivity contribution < 1.29 is 9.53 Å². The molecule has 2 aliphatic rings. The Bertz CT molecular complexity index is 558. The Hall–Kier alpha value is -1.26. The largest absolute Gasteiger partial charge is 0.381 e. The molecule has 1 N–H and O–H groups in total. The van der Waals surface area contributed by atoms with E-state index in [9.17, 15) is 4.79 Å². The number of carbonyl (C=O) groups is 1. The number of halogens is 1. The van der Waals surface area contributed by atoms with Crippen LogP contribution in [-0.2, 0) is 4.74 Å². The van der Waals surface area contributed by atoms with Gasteiger partial charge in [0, 0.05) is 31.3 Å². The fourth-order valence-electron chi connectivity index (χ4n) is 3.71. The number of urea groups is 1. The maximum atomic E-state index is 12.6. The molecule has 4 nitrogen and oxygen atoms in total. The van der Waals surface area contributed by atoms with E-state index in [1.807, 2.05) is 29.2 Å². The lowest BCUT2D eigenvalue weighted by atomic mass is 9.80. The average Bonchev–Trinajstić information content (AvgIpc) is 2.96. The van der Waals surface area contributed by atoms with Crippen molar-refractivity contribution in [3.63, 3.8) is 0 Å². The highest BCUT2D eigenvalue weighted by atomic mass is 35.5. The number of ether oxygens (including phenoxy) is 1. The van der Waals surface area contributed by atoms with E-state index in [1.165, 1.54) is 0 Å². The lowest BCUT2D eigenvalue weighted by Crippen LogP contribution is -2.42. The van der Waals surface area contributed by atoms with Gasteiger partial charge in [-0.3, -0.25) is 0 Å². The minimum Gasteiger partial charge on any atom is -0.381 e. The normalized spacial score (nSPS) is 21.4. The van der Waals surface area contributed by atoms with Gasteiger partial charge in [0.2, 0.25) is 0 Å². The number of hydrogen-bond donors (Lipinski definition) is 1. The molecule has 3 rings (SSSR count). The van der Waals surface area contributed by atoms with Gasteiger partial charge in [0.15, 0.2) is 0 Å². The summed E-state index contributed by atoms with van der Waals surface area (Å²) in [5.41, 5.74) is 1.35. The third-order valence-corrected chi connectivity index (χ3v) is 5.47. The SMILES string of the molecule is CC[C@H](NC(=O)N1CCC2(CCOCC2)C1)c1cccc(Cl)c1. The summed E-state index contributed by atoms with van der Waals surface area (Å²) in [7, 11) is 0. The van der Waals surface area contributed by atoms with Crippen molar-refractivity contribution in [2.45, 2.75) is 38.6 Å². The van der Waals surface area contributed by atoms with Crippen molar-refractivity contribution in [1.29, 1.82) is 0 Å². The van der Waals surface area contributed by atoms with Crippen molar-refractivity contribution in [3.05, 3.63) is 34.9 Å². The van der Waals surface area contributed by atoms with Crippen molar-refractivity contribution >= 4 is 17.6 Å². The molecule has 0 bridgehead atoms. The highest BCUT2D eigenvalue weighted by Gasteiger charge is 2.41. The molecule has 1 atom stereocenters. The fourth-order valence-corrected chi connectivity index (χ4v) is 3.90. The molecule has 2 heterocycles. The predicted octanol–water partition coefficient (Wildman–Crippen LogP) is 4.00. The van der Waals surface area contributed by atoms with Crippen molar-refractivity contribution in [2.75, 3.05) is 26.3 Å². The van der Waals surface area contributed by atoms with Gasteiger partial charge in [-0.1, -0.05) is 30.7 Å². The lowest BCUT2D eigenvalue weighted by Gasteiger charge is -2.33. The van der Waals surface area contributed by atoms with Gasteiger partial charge in [-0.05, 0) is 48.8 Å². The first-order chi connectivity index (χ1) is 11.1. The van der Waals surface area contributed by atoms with E-state index in [1.54, 1.807) is 0 Å². The molecule has 2 aliphatic heterocycles. The Morgan fingerprint density at radius 1 is 1.39 bits per heavy atom. The number of hydrogen-bond acceptors (Lipinski definition) is 2. The Kier molecular flexibility index (Phi) is 5.12. The second kappa shape index (κ2) is 7.10. The summed E-state index contributed by atoms with van der Waals surface area (Å²) in [5.74, 6) is 0. The van der Waals surface area contributed by atoms with Gasteiger partial charge < -0.3 is 15.0 Å². The van der Waals surface area contributed by atoms with E-state index < -0.39 is 0 Å². The molecule has 2 fully saturated rings. The Morgan fingerprint density at radius 2 is 2.17 bits per heavy atom. The maximum Gasteiger partial charge on any atom is 0.317 e. The molecule has 2 amide bonds. The minimum atomic E-state index is 0.00689. The number of nitrogens with zero attached hydrogens (tertiary/aromatic N) is 1. The standard InChI is InChI=1S/C18H25ClN2O2/c1-2-16(14-4-3-5-15(19)12-14)20-17(22)21-9-6-18(13-21)7-10-23-11-8-18/h3-5,12,16H,2,6-11,13H2,1H3,(H,20,22)/t16-/m0/s1. The number of carbonyl (C=O) groups excluding carboxylic acids is 1. The molecule has 0 radical (unpaired) electrons. The summed E-state index contributed by atoms with van der Waals surface area (Å²) in [5, 5.41) is 3.88. The second-order valence-corrected chi connectivity index (χ2v) is 7.19. The molecule has 0 saturated carbocycles. The van der Waals surface area contributed by atoms with Gasteiger partial charge in [-0.25, -0.2) is 4.79 Å². The van der Waals surface area contributed by atoms with E-state index in [4.69, 9.17) is 16.3 Å². The van der Waals surface area contributed by atoms with E-state index in [0.717, 1.165) is 57.6 Å². The summed E-state index contributed by atoms with van der Waals surface area (Å²) in [6, 6.07) is 7.78. The van der Waals surface area contributed by atoms with Crippen LogP contribution in [0.5, 0.6) is 0 Å². The topological polar surface area (TPSA) is 41.6 Å². The van der Waals surface area contributed by atoms with Crippen molar-refractivity contribution in [1.82, 2.24) is 10.2 Å².